The van der Waals surface area contributed by atoms with Gasteiger partial charge in [0, 0.05) is 22.2 Å². The first-order valence-electron chi connectivity index (χ1n) is 6.46. The van der Waals surface area contributed by atoms with Crippen LogP contribution in [-0.4, -0.2) is 6.54 Å². The van der Waals surface area contributed by atoms with Gasteiger partial charge in [-0.25, -0.2) is 0 Å². The van der Waals surface area contributed by atoms with Crippen molar-refractivity contribution in [3.8, 4) is 11.1 Å². The molecule has 2 aromatic rings. The fourth-order valence-electron chi connectivity index (χ4n) is 1.94. The smallest absolute Gasteiger partial charge is 0.0499 e. The number of hydrogen-bond acceptors (Lipinski definition) is 1. The zero-order valence-electron chi connectivity index (χ0n) is 10.9. The Morgan fingerprint density at radius 2 is 1.74 bits per heavy atom. The van der Waals surface area contributed by atoms with E-state index in [2.05, 4.69) is 36.5 Å². The first kappa shape index (κ1) is 14.4. The molecular formula is C16H17Cl2N. The molecule has 0 aliphatic heterocycles. The van der Waals surface area contributed by atoms with E-state index in [-0.39, 0.29) is 0 Å². The normalized spacial score (nSPS) is 10.7. The van der Waals surface area contributed by atoms with Gasteiger partial charge in [0.25, 0.3) is 0 Å². The van der Waals surface area contributed by atoms with E-state index in [4.69, 9.17) is 23.2 Å². The summed E-state index contributed by atoms with van der Waals surface area (Å²) in [6.45, 7) is 4.12. The fourth-order valence-corrected chi connectivity index (χ4v) is 2.45. The molecule has 0 saturated carbocycles. The van der Waals surface area contributed by atoms with Gasteiger partial charge in [-0.1, -0.05) is 60.5 Å². The average molecular weight is 294 g/mol. The second-order valence-electron chi connectivity index (χ2n) is 4.50. The number of hydrogen-bond donors (Lipinski definition) is 1. The number of halogens is 2. The van der Waals surface area contributed by atoms with E-state index in [0.717, 1.165) is 30.6 Å². The Morgan fingerprint density at radius 1 is 1.00 bits per heavy atom. The molecule has 0 unspecified atom stereocenters. The zero-order chi connectivity index (χ0) is 13.7. The van der Waals surface area contributed by atoms with Crippen LogP contribution in [0.2, 0.25) is 10.0 Å². The van der Waals surface area contributed by atoms with Crippen LogP contribution in [0.25, 0.3) is 11.1 Å². The first-order chi connectivity index (χ1) is 9.20. The molecule has 19 heavy (non-hydrogen) atoms. The molecule has 0 atom stereocenters. The van der Waals surface area contributed by atoms with Gasteiger partial charge in [0.2, 0.25) is 0 Å². The zero-order valence-corrected chi connectivity index (χ0v) is 12.4. The molecule has 0 aliphatic rings. The van der Waals surface area contributed by atoms with Crippen LogP contribution in [0.1, 0.15) is 18.9 Å². The fraction of sp³-hybridized carbons (Fsp3) is 0.250. The van der Waals surface area contributed by atoms with Crippen molar-refractivity contribution in [2.45, 2.75) is 19.9 Å². The summed E-state index contributed by atoms with van der Waals surface area (Å²) in [5.74, 6) is 0. The van der Waals surface area contributed by atoms with E-state index in [1.54, 1.807) is 6.07 Å². The molecule has 0 aromatic heterocycles. The molecule has 0 spiro atoms. The van der Waals surface area contributed by atoms with Crippen LogP contribution >= 0.6 is 23.2 Å². The predicted molar refractivity (Wildman–Crippen MR) is 83.9 cm³/mol. The summed E-state index contributed by atoms with van der Waals surface area (Å²) in [6, 6.07) is 14.0. The Hall–Kier alpha value is -1.02. The summed E-state index contributed by atoms with van der Waals surface area (Å²) in [5, 5.41) is 4.73. The van der Waals surface area contributed by atoms with Crippen molar-refractivity contribution >= 4 is 23.2 Å². The minimum Gasteiger partial charge on any atom is -0.313 e. The van der Waals surface area contributed by atoms with Crippen LogP contribution < -0.4 is 5.32 Å². The van der Waals surface area contributed by atoms with Crippen molar-refractivity contribution in [1.82, 2.24) is 5.32 Å². The summed E-state index contributed by atoms with van der Waals surface area (Å²) in [7, 11) is 0. The van der Waals surface area contributed by atoms with Crippen LogP contribution in [0.15, 0.2) is 42.5 Å². The minimum absolute atomic E-state index is 0.661. The molecule has 2 rings (SSSR count). The first-order valence-corrected chi connectivity index (χ1v) is 7.21. The molecule has 0 radical (unpaired) electrons. The summed E-state index contributed by atoms with van der Waals surface area (Å²) >= 11 is 12.1. The van der Waals surface area contributed by atoms with E-state index in [1.807, 2.05) is 12.1 Å². The Balaban J connectivity index is 2.13. The van der Waals surface area contributed by atoms with Gasteiger partial charge in [-0.15, -0.1) is 0 Å². The van der Waals surface area contributed by atoms with Gasteiger partial charge in [-0.2, -0.15) is 0 Å². The highest BCUT2D eigenvalue weighted by Crippen LogP contribution is 2.30. The second kappa shape index (κ2) is 6.95. The molecule has 0 bridgehead atoms. The SMILES string of the molecule is CCCNCc1ccc(-c2ccc(Cl)cc2Cl)cc1. The highest BCUT2D eigenvalue weighted by molar-refractivity contribution is 6.36. The van der Waals surface area contributed by atoms with Crippen LogP contribution in [0.4, 0.5) is 0 Å². The molecule has 0 fully saturated rings. The predicted octanol–water partition coefficient (Wildman–Crippen LogP) is 5.16. The van der Waals surface area contributed by atoms with Gasteiger partial charge in [0.1, 0.15) is 0 Å². The number of benzene rings is 2. The molecule has 2 aromatic carbocycles. The molecule has 0 saturated heterocycles. The molecule has 100 valence electrons. The van der Waals surface area contributed by atoms with Crippen LogP contribution in [0, 0.1) is 0 Å². The Morgan fingerprint density at radius 3 is 2.37 bits per heavy atom. The lowest BCUT2D eigenvalue weighted by atomic mass is 10.0. The maximum Gasteiger partial charge on any atom is 0.0499 e. The van der Waals surface area contributed by atoms with E-state index in [9.17, 15) is 0 Å². The molecule has 0 amide bonds. The highest BCUT2D eigenvalue weighted by Gasteiger charge is 2.04. The molecular weight excluding hydrogens is 277 g/mol. The Labute approximate surface area is 124 Å². The quantitative estimate of drug-likeness (QED) is 0.751. The summed E-state index contributed by atoms with van der Waals surface area (Å²) in [6.07, 6.45) is 1.15. The molecule has 1 N–H and O–H groups in total. The molecule has 3 heteroatoms. The third-order valence-electron chi connectivity index (χ3n) is 2.95. The van der Waals surface area contributed by atoms with Crippen molar-refractivity contribution in [2.24, 2.45) is 0 Å². The van der Waals surface area contributed by atoms with Crippen molar-refractivity contribution in [2.75, 3.05) is 6.54 Å². The maximum absolute atomic E-state index is 6.21. The van der Waals surface area contributed by atoms with Crippen LogP contribution in [-0.2, 0) is 6.54 Å². The minimum atomic E-state index is 0.661. The van der Waals surface area contributed by atoms with Crippen LogP contribution in [0.3, 0.4) is 0 Å². The van der Waals surface area contributed by atoms with Crippen LogP contribution in [0.5, 0.6) is 0 Å². The lowest BCUT2D eigenvalue weighted by Gasteiger charge is -2.07. The van der Waals surface area contributed by atoms with Gasteiger partial charge in [-0.3, -0.25) is 0 Å². The second-order valence-corrected chi connectivity index (χ2v) is 5.34. The molecule has 1 nitrogen and oxygen atoms in total. The Kier molecular flexibility index (Phi) is 5.26. The average Bonchev–Trinajstić information content (AvgIpc) is 2.40. The van der Waals surface area contributed by atoms with Gasteiger partial charge < -0.3 is 5.32 Å². The van der Waals surface area contributed by atoms with Crippen molar-refractivity contribution in [3.63, 3.8) is 0 Å². The van der Waals surface area contributed by atoms with Gasteiger partial charge in [0.05, 0.1) is 0 Å². The molecule has 0 heterocycles. The van der Waals surface area contributed by atoms with Crippen molar-refractivity contribution in [1.29, 1.82) is 0 Å². The number of nitrogens with one attached hydrogen (secondary N) is 1. The summed E-state index contributed by atoms with van der Waals surface area (Å²) < 4.78 is 0. The topological polar surface area (TPSA) is 12.0 Å². The maximum atomic E-state index is 6.21. The van der Waals surface area contributed by atoms with Gasteiger partial charge in [-0.05, 0) is 36.2 Å². The highest BCUT2D eigenvalue weighted by atomic mass is 35.5. The van der Waals surface area contributed by atoms with Crippen molar-refractivity contribution in [3.05, 3.63) is 58.1 Å². The van der Waals surface area contributed by atoms with E-state index < -0.39 is 0 Å². The van der Waals surface area contributed by atoms with E-state index >= 15 is 0 Å². The summed E-state index contributed by atoms with van der Waals surface area (Å²) in [4.78, 5) is 0. The summed E-state index contributed by atoms with van der Waals surface area (Å²) in [5.41, 5.74) is 3.40. The third kappa shape index (κ3) is 3.97. The van der Waals surface area contributed by atoms with E-state index in [0.29, 0.717) is 10.0 Å². The Bertz CT molecular complexity index is 535. The van der Waals surface area contributed by atoms with E-state index in [1.165, 1.54) is 5.56 Å². The monoisotopic (exact) mass is 293 g/mol. The van der Waals surface area contributed by atoms with Crippen molar-refractivity contribution < 1.29 is 0 Å². The standard InChI is InChI=1S/C16H17Cl2N/c1-2-9-19-11-12-3-5-13(6-4-12)15-8-7-14(17)10-16(15)18/h3-8,10,19H,2,9,11H2,1H3. The van der Waals surface area contributed by atoms with Gasteiger partial charge in [0.15, 0.2) is 0 Å². The number of rotatable bonds is 5. The largest absolute Gasteiger partial charge is 0.313 e. The third-order valence-corrected chi connectivity index (χ3v) is 3.50. The lowest BCUT2D eigenvalue weighted by Crippen LogP contribution is -2.13. The molecule has 0 aliphatic carbocycles. The van der Waals surface area contributed by atoms with Gasteiger partial charge >= 0.3 is 0 Å². The lowest BCUT2D eigenvalue weighted by molar-refractivity contribution is 0.675.